The van der Waals surface area contributed by atoms with E-state index in [4.69, 9.17) is 4.63 Å². The smallest absolute Gasteiger partial charge is 0.353 e. The van der Waals surface area contributed by atoms with Crippen LogP contribution < -0.4 is 10.6 Å². The van der Waals surface area contributed by atoms with E-state index in [0.717, 1.165) is 18.9 Å². The number of imidazole rings is 1. The summed E-state index contributed by atoms with van der Waals surface area (Å²) in [6, 6.07) is 1.06. The molecule has 0 saturated heterocycles. The second kappa shape index (κ2) is 12.3. The molecule has 2 heterocycles. The zero-order valence-electron chi connectivity index (χ0n) is 23.0. The molecule has 9 nitrogen and oxygen atoms in total. The number of rotatable bonds is 11. The van der Waals surface area contributed by atoms with Gasteiger partial charge in [0, 0.05) is 24.3 Å². The number of carbonyl (C=O) groups excluding carboxylic acids is 2. The van der Waals surface area contributed by atoms with Crippen LogP contribution in [0.4, 0.5) is 35.1 Å². The maximum atomic E-state index is 15.8. The Balaban J connectivity index is 1.48. The summed E-state index contributed by atoms with van der Waals surface area (Å²) in [4.78, 5) is 32.9. The predicted molar refractivity (Wildman–Crippen MR) is 137 cm³/mol. The molecule has 3 aromatic rings. The van der Waals surface area contributed by atoms with Crippen molar-refractivity contribution in [3.05, 3.63) is 40.7 Å². The Hall–Kier alpha value is -3.79. The molecular formula is C27H28F8N6O3. The topological polar surface area (TPSA) is 126 Å². The van der Waals surface area contributed by atoms with Crippen molar-refractivity contribution in [2.75, 3.05) is 13.2 Å². The fourth-order valence-electron chi connectivity index (χ4n) is 5.45. The van der Waals surface area contributed by atoms with Crippen LogP contribution in [0.1, 0.15) is 90.4 Å². The highest BCUT2D eigenvalue weighted by atomic mass is 19.4. The highest BCUT2D eigenvalue weighted by Gasteiger charge is 2.42. The number of halogens is 8. The quantitative estimate of drug-likeness (QED) is 0.231. The Kier molecular flexibility index (Phi) is 8.84. The number of H-pyrrole nitrogens is 1. The third kappa shape index (κ3) is 7.12. The second-order valence-electron chi connectivity index (χ2n) is 11.3. The predicted octanol–water partition coefficient (Wildman–Crippen LogP) is 5.72. The first-order valence-corrected chi connectivity index (χ1v) is 14.0. The number of benzene rings is 1. The normalized spacial score (nSPS) is 19.5. The Labute approximate surface area is 244 Å². The maximum Gasteiger partial charge on any atom is 0.390 e. The molecule has 2 aliphatic rings. The van der Waals surface area contributed by atoms with Gasteiger partial charge in [-0.15, -0.1) is 0 Å². The van der Waals surface area contributed by atoms with Crippen molar-refractivity contribution in [3.63, 3.8) is 0 Å². The first-order chi connectivity index (χ1) is 20.8. The maximum absolute atomic E-state index is 15.8. The van der Waals surface area contributed by atoms with Gasteiger partial charge in [-0.2, -0.15) is 13.2 Å². The molecule has 0 aliphatic heterocycles. The van der Waals surface area contributed by atoms with Crippen molar-refractivity contribution >= 4 is 22.8 Å². The summed E-state index contributed by atoms with van der Waals surface area (Å²) in [6.07, 6.45) is -8.34. The average Bonchev–Trinajstić information content (AvgIpc) is 3.51. The van der Waals surface area contributed by atoms with Gasteiger partial charge < -0.3 is 15.6 Å². The SMILES string of the molecule is O=C(N[C@H](c1nc2c(F)c([C@@H](CC(F)(F)F)C(=O)NCC(F)CF)ccc2[nH]1)C1CCC(F)(F)CC1)c1nonc1C1CC1. The summed E-state index contributed by atoms with van der Waals surface area (Å²) in [6.45, 7) is -2.39. The number of aromatic nitrogens is 4. The number of carbonyl (C=O) groups is 2. The van der Waals surface area contributed by atoms with Gasteiger partial charge in [-0.25, -0.2) is 31.6 Å². The molecule has 1 unspecified atom stereocenters. The van der Waals surface area contributed by atoms with Gasteiger partial charge in [0.15, 0.2) is 11.5 Å². The van der Waals surface area contributed by atoms with Crippen LogP contribution in [0.15, 0.2) is 16.8 Å². The highest BCUT2D eigenvalue weighted by Crippen LogP contribution is 2.43. The monoisotopic (exact) mass is 636 g/mol. The van der Waals surface area contributed by atoms with Gasteiger partial charge in [0.25, 0.3) is 5.91 Å². The molecule has 17 heteroatoms. The van der Waals surface area contributed by atoms with E-state index < -0.39 is 97.3 Å². The number of nitrogens with one attached hydrogen (secondary N) is 3. The standard InChI is InChI=1S/C27H28F8N6O3/c28-10-14(29)11-36-24(42)16(9-27(33,34)35)15-3-4-17-21(18(15)30)38-23(37-17)20(13-5-7-26(31,32)8-6-13)39-25(43)22-19(12-1-2-12)40-44-41-22/h3-4,12-14,16,20H,1-2,5-11H2,(H,36,42)(H,37,38)(H,39,43)/t14?,16-,20+/m1/s1. The number of hydrogen-bond acceptors (Lipinski definition) is 6. The lowest BCUT2D eigenvalue weighted by Gasteiger charge is -2.33. The summed E-state index contributed by atoms with van der Waals surface area (Å²) in [5.41, 5.74) is -0.909. The van der Waals surface area contributed by atoms with E-state index in [1.807, 2.05) is 5.32 Å². The van der Waals surface area contributed by atoms with Crippen molar-refractivity contribution in [3.8, 4) is 0 Å². The fourth-order valence-corrected chi connectivity index (χ4v) is 5.45. The molecule has 3 N–H and O–H groups in total. The van der Waals surface area contributed by atoms with E-state index in [2.05, 4.69) is 25.6 Å². The first kappa shape index (κ1) is 31.6. The van der Waals surface area contributed by atoms with Crippen molar-refractivity contribution in [2.45, 2.75) is 81.1 Å². The molecular weight excluding hydrogens is 608 g/mol. The lowest BCUT2D eigenvalue weighted by molar-refractivity contribution is -0.148. The average molecular weight is 637 g/mol. The molecule has 1 aromatic carbocycles. The summed E-state index contributed by atoms with van der Waals surface area (Å²) >= 11 is 0. The molecule has 2 saturated carbocycles. The van der Waals surface area contributed by atoms with Gasteiger partial charge in [0.05, 0.1) is 30.4 Å². The van der Waals surface area contributed by atoms with Crippen LogP contribution in [0.2, 0.25) is 0 Å². The van der Waals surface area contributed by atoms with E-state index in [-0.39, 0.29) is 35.8 Å². The third-order valence-electron chi connectivity index (χ3n) is 7.94. The second-order valence-corrected chi connectivity index (χ2v) is 11.3. The zero-order valence-corrected chi connectivity index (χ0v) is 23.0. The number of hydrogen-bond donors (Lipinski definition) is 3. The molecule has 240 valence electrons. The minimum absolute atomic E-state index is 0.00386. The number of nitrogens with zero attached hydrogens (tertiary/aromatic N) is 3. The highest BCUT2D eigenvalue weighted by molar-refractivity contribution is 5.93. The molecule has 5 rings (SSSR count). The van der Waals surface area contributed by atoms with Crippen LogP contribution in [-0.2, 0) is 4.79 Å². The molecule has 2 aromatic heterocycles. The van der Waals surface area contributed by atoms with Crippen LogP contribution in [0.25, 0.3) is 11.0 Å². The Bertz CT molecular complexity index is 1490. The Morgan fingerprint density at radius 1 is 1.11 bits per heavy atom. The van der Waals surface area contributed by atoms with Crippen LogP contribution >= 0.6 is 0 Å². The van der Waals surface area contributed by atoms with Gasteiger partial charge >= 0.3 is 6.18 Å². The molecule has 3 atom stereocenters. The molecule has 0 radical (unpaired) electrons. The summed E-state index contributed by atoms with van der Waals surface area (Å²) < 4.78 is 114. The molecule has 0 spiro atoms. The number of fused-ring (bicyclic) bond motifs is 1. The van der Waals surface area contributed by atoms with Gasteiger partial charge in [0.2, 0.25) is 11.8 Å². The molecule has 2 fully saturated rings. The van der Waals surface area contributed by atoms with E-state index in [0.29, 0.717) is 5.69 Å². The fraction of sp³-hybridized carbons (Fsp3) is 0.593. The Morgan fingerprint density at radius 2 is 1.82 bits per heavy atom. The number of alkyl halides is 7. The van der Waals surface area contributed by atoms with Gasteiger partial charge in [-0.05, 0) is 42.8 Å². The van der Waals surface area contributed by atoms with Crippen molar-refractivity contribution in [1.82, 2.24) is 30.9 Å². The van der Waals surface area contributed by atoms with Crippen LogP contribution in [-0.4, -0.2) is 63.6 Å². The minimum atomic E-state index is -4.93. The lowest BCUT2D eigenvalue weighted by atomic mass is 9.81. The van der Waals surface area contributed by atoms with Crippen LogP contribution in [0.5, 0.6) is 0 Å². The van der Waals surface area contributed by atoms with Crippen LogP contribution in [0.3, 0.4) is 0 Å². The van der Waals surface area contributed by atoms with E-state index in [1.165, 1.54) is 6.07 Å². The Morgan fingerprint density at radius 3 is 2.45 bits per heavy atom. The number of aromatic amines is 1. The van der Waals surface area contributed by atoms with Gasteiger partial charge in [-0.3, -0.25) is 9.59 Å². The van der Waals surface area contributed by atoms with Crippen molar-refractivity contribution in [1.29, 1.82) is 0 Å². The van der Waals surface area contributed by atoms with E-state index >= 15 is 4.39 Å². The third-order valence-corrected chi connectivity index (χ3v) is 7.94. The lowest BCUT2D eigenvalue weighted by Crippen LogP contribution is -2.38. The van der Waals surface area contributed by atoms with E-state index in [9.17, 15) is 40.3 Å². The summed E-state index contributed by atoms with van der Waals surface area (Å²) in [5.74, 6) is -9.08. The van der Waals surface area contributed by atoms with Crippen molar-refractivity contribution in [2.24, 2.45) is 5.92 Å². The largest absolute Gasteiger partial charge is 0.390 e. The zero-order chi connectivity index (χ0) is 31.8. The van der Waals surface area contributed by atoms with Crippen LogP contribution in [0, 0.1) is 11.7 Å². The molecule has 0 bridgehead atoms. The van der Waals surface area contributed by atoms with Gasteiger partial charge in [-0.1, -0.05) is 11.2 Å². The number of amides is 2. The van der Waals surface area contributed by atoms with Gasteiger partial charge in [0.1, 0.15) is 29.9 Å². The molecule has 44 heavy (non-hydrogen) atoms. The molecule has 2 aliphatic carbocycles. The summed E-state index contributed by atoms with van der Waals surface area (Å²) in [5, 5.41) is 12.0. The van der Waals surface area contributed by atoms with Crippen molar-refractivity contribution < 1.29 is 49.3 Å². The molecule has 2 amide bonds. The minimum Gasteiger partial charge on any atom is -0.353 e. The first-order valence-electron chi connectivity index (χ1n) is 14.0. The van der Waals surface area contributed by atoms with E-state index in [1.54, 1.807) is 0 Å². The summed E-state index contributed by atoms with van der Waals surface area (Å²) in [7, 11) is 0.